The second-order valence-electron chi connectivity index (χ2n) is 3.62. The number of aliphatic hydroxyl groups is 1. The lowest BCUT2D eigenvalue weighted by molar-refractivity contribution is 0.141. The average Bonchev–Trinajstić information content (AvgIpc) is 2.35. The standard InChI is InChI=1S/C12H19NO3/c1-4-10(13)12(14)9-6-5-8(15-2)7-11(9)16-3/h5-7,10,12,14H,4,13H2,1-3H3. The molecule has 0 aromatic heterocycles. The SMILES string of the molecule is CCC(N)C(O)c1ccc(OC)cc1OC. The first-order valence-electron chi connectivity index (χ1n) is 5.29. The van der Waals surface area contributed by atoms with Gasteiger partial charge in [-0.2, -0.15) is 0 Å². The fourth-order valence-electron chi connectivity index (χ4n) is 1.52. The number of rotatable bonds is 5. The third-order valence-corrected chi connectivity index (χ3v) is 2.64. The Labute approximate surface area is 96.0 Å². The maximum Gasteiger partial charge on any atom is 0.128 e. The molecule has 0 aliphatic carbocycles. The number of benzene rings is 1. The number of hydrogen-bond donors (Lipinski definition) is 2. The fourth-order valence-corrected chi connectivity index (χ4v) is 1.52. The summed E-state index contributed by atoms with van der Waals surface area (Å²) in [5, 5.41) is 10.0. The lowest BCUT2D eigenvalue weighted by Crippen LogP contribution is -2.27. The van der Waals surface area contributed by atoms with Gasteiger partial charge in [0.15, 0.2) is 0 Å². The summed E-state index contributed by atoms with van der Waals surface area (Å²) in [7, 11) is 3.14. The monoisotopic (exact) mass is 225 g/mol. The van der Waals surface area contributed by atoms with Gasteiger partial charge in [-0.05, 0) is 18.6 Å². The summed E-state index contributed by atoms with van der Waals surface area (Å²) in [4.78, 5) is 0. The summed E-state index contributed by atoms with van der Waals surface area (Å²) in [6.07, 6.45) is -0.0121. The molecular formula is C12H19NO3. The summed E-state index contributed by atoms with van der Waals surface area (Å²) >= 11 is 0. The van der Waals surface area contributed by atoms with E-state index < -0.39 is 6.10 Å². The Kier molecular flexibility index (Phi) is 4.58. The van der Waals surface area contributed by atoms with Crippen molar-refractivity contribution in [1.82, 2.24) is 0 Å². The highest BCUT2D eigenvalue weighted by Gasteiger charge is 2.19. The van der Waals surface area contributed by atoms with Crippen LogP contribution in [0.25, 0.3) is 0 Å². The number of methoxy groups -OCH3 is 2. The van der Waals surface area contributed by atoms with E-state index >= 15 is 0 Å². The fraction of sp³-hybridized carbons (Fsp3) is 0.500. The zero-order chi connectivity index (χ0) is 12.1. The zero-order valence-electron chi connectivity index (χ0n) is 9.93. The second kappa shape index (κ2) is 5.72. The molecule has 3 N–H and O–H groups in total. The van der Waals surface area contributed by atoms with Crippen molar-refractivity contribution in [2.75, 3.05) is 14.2 Å². The van der Waals surface area contributed by atoms with Crippen molar-refractivity contribution in [3.63, 3.8) is 0 Å². The van der Waals surface area contributed by atoms with Crippen LogP contribution in [-0.2, 0) is 0 Å². The first-order chi connectivity index (χ1) is 7.63. The van der Waals surface area contributed by atoms with Crippen molar-refractivity contribution in [2.45, 2.75) is 25.5 Å². The molecule has 90 valence electrons. The summed E-state index contributed by atoms with van der Waals surface area (Å²) in [5.41, 5.74) is 6.50. The van der Waals surface area contributed by atoms with E-state index in [2.05, 4.69) is 0 Å². The number of hydrogen-bond acceptors (Lipinski definition) is 4. The van der Waals surface area contributed by atoms with Crippen LogP contribution in [0.4, 0.5) is 0 Å². The number of ether oxygens (including phenoxy) is 2. The van der Waals surface area contributed by atoms with E-state index in [-0.39, 0.29) is 6.04 Å². The Balaban J connectivity index is 3.03. The van der Waals surface area contributed by atoms with Crippen LogP contribution in [0.1, 0.15) is 25.0 Å². The van der Waals surface area contributed by atoms with Gasteiger partial charge in [0, 0.05) is 17.7 Å². The molecule has 0 saturated heterocycles. The van der Waals surface area contributed by atoms with Crippen molar-refractivity contribution in [1.29, 1.82) is 0 Å². The van der Waals surface area contributed by atoms with Crippen LogP contribution in [0.15, 0.2) is 18.2 Å². The van der Waals surface area contributed by atoms with Gasteiger partial charge in [-0.25, -0.2) is 0 Å². The second-order valence-corrected chi connectivity index (χ2v) is 3.62. The molecule has 0 saturated carbocycles. The number of aliphatic hydroxyl groups excluding tert-OH is 1. The van der Waals surface area contributed by atoms with Crippen LogP contribution in [-0.4, -0.2) is 25.4 Å². The van der Waals surface area contributed by atoms with Gasteiger partial charge >= 0.3 is 0 Å². The van der Waals surface area contributed by atoms with Crippen molar-refractivity contribution >= 4 is 0 Å². The molecule has 0 amide bonds. The van der Waals surface area contributed by atoms with Crippen molar-refractivity contribution < 1.29 is 14.6 Å². The van der Waals surface area contributed by atoms with E-state index in [9.17, 15) is 5.11 Å². The van der Waals surface area contributed by atoms with Gasteiger partial charge in [0.2, 0.25) is 0 Å². The van der Waals surface area contributed by atoms with Crippen LogP contribution in [0.5, 0.6) is 11.5 Å². The maximum absolute atomic E-state index is 10.0. The summed E-state index contributed by atoms with van der Waals surface area (Å²) in [5.74, 6) is 1.29. The largest absolute Gasteiger partial charge is 0.497 e. The molecular weight excluding hydrogens is 206 g/mol. The van der Waals surface area contributed by atoms with Crippen molar-refractivity contribution in [3.05, 3.63) is 23.8 Å². The normalized spacial score (nSPS) is 14.3. The van der Waals surface area contributed by atoms with Gasteiger partial charge in [0.25, 0.3) is 0 Å². The lowest BCUT2D eigenvalue weighted by atomic mass is 10.00. The number of nitrogens with two attached hydrogens (primary N) is 1. The Morgan fingerprint density at radius 3 is 2.50 bits per heavy atom. The zero-order valence-corrected chi connectivity index (χ0v) is 9.93. The summed E-state index contributed by atoms with van der Waals surface area (Å²) in [6, 6.07) is 5.00. The molecule has 4 nitrogen and oxygen atoms in total. The van der Waals surface area contributed by atoms with E-state index in [1.54, 1.807) is 32.4 Å². The Morgan fingerprint density at radius 1 is 1.31 bits per heavy atom. The minimum Gasteiger partial charge on any atom is -0.497 e. The topological polar surface area (TPSA) is 64.7 Å². The predicted molar refractivity (Wildman–Crippen MR) is 62.8 cm³/mol. The predicted octanol–water partition coefficient (Wildman–Crippen LogP) is 1.47. The van der Waals surface area contributed by atoms with Crippen molar-refractivity contribution in [3.8, 4) is 11.5 Å². The minimum atomic E-state index is -0.717. The lowest BCUT2D eigenvalue weighted by Gasteiger charge is -2.20. The van der Waals surface area contributed by atoms with E-state index in [0.717, 1.165) is 0 Å². The van der Waals surface area contributed by atoms with E-state index in [0.29, 0.717) is 23.5 Å². The van der Waals surface area contributed by atoms with Gasteiger partial charge in [-0.15, -0.1) is 0 Å². The van der Waals surface area contributed by atoms with Crippen LogP contribution in [0, 0.1) is 0 Å². The van der Waals surface area contributed by atoms with Gasteiger partial charge in [0.1, 0.15) is 11.5 Å². The molecule has 0 bridgehead atoms. The molecule has 16 heavy (non-hydrogen) atoms. The Bertz CT molecular complexity index is 341. The van der Waals surface area contributed by atoms with Gasteiger partial charge < -0.3 is 20.3 Å². The highest BCUT2D eigenvalue weighted by atomic mass is 16.5. The highest BCUT2D eigenvalue weighted by Crippen LogP contribution is 2.31. The van der Waals surface area contributed by atoms with E-state index in [4.69, 9.17) is 15.2 Å². The third kappa shape index (κ3) is 2.65. The Hall–Kier alpha value is -1.26. The maximum atomic E-state index is 10.0. The van der Waals surface area contributed by atoms with Crippen LogP contribution in [0.3, 0.4) is 0 Å². The van der Waals surface area contributed by atoms with Crippen molar-refractivity contribution in [2.24, 2.45) is 5.73 Å². The molecule has 0 aliphatic heterocycles. The van der Waals surface area contributed by atoms with Gasteiger partial charge in [0.05, 0.1) is 20.3 Å². The highest BCUT2D eigenvalue weighted by molar-refractivity contribution is 5.42. The van der Waals surface area contributed by atoms with Gasteiger partial charge in [-0.1, -0.05) is 6.92 Å². The molecule has 1 rings (SSSR count). The Morgan fingerprint density at radius 2 is 2.00 bits per heavy atom. The molecule has 0 aliphatic rings. The molecule has 1 aromatic rings. The van der Waals surface area contributed by atoms with E-state index in [1.165, 1.54) is 0 Å². The van der Waals surface area contributed by atoms with E-state index in [1.807, 2.05) is 6.92 Å². The van der Waals surface area contributed by atoms with Crippen LogP contribution in [0.2, 0.25) is 0 Å². The molecule has 2 unspecified atom stereocenters. The first-order valence-corrected chi connectivity index (χ1v) is 5.29. The molecule has 0 radical (unpaired) electrons. The van der Waals surface area contributed by atoms with Gasteiger partial charge in [-0.3, -0.25) is 0 Å². The molecule has 0 fully saturated rings. The van der Waals surface area contributed by atoms with Crippen LogP contribution >= 0.6 is 0 Å². The quantitative estimate of drug-likeness (QED) is 0.796. The molecule has 4 heteroatoms. The minimum absolute atomic E-state index is 0.290. The average molecular weight is 225 g/mol. The molecule has 0 spiro atoms. The van der Waals surface area contributed by atoms with Crippen LogP contribution < -0.4 is 15.2 Å². The summed E-state index contributed by atoms with van der Waals surface area (Å²) in [6.45, 7) is 1.93. The smallest absolute Gasteiger partial charge is 0.128 e. The first kappa shape index (κ1) is 12.8. The summed E-state index contributed by atoms with van der Waals surface area (Å²) < 4.78 is 10.3. The molecule has 1 aromatic carbocycles. The third-order valence-electron chi connectivity index (χ3n) is 2.64. The molecule has 0 heterocycles. The molecule has 2 atom stereocenters.